The van der Waals surface area contributed by atoms with Crippen LogP contribution in [0.3, 0.4) is 0 Å². The standard InChI is InChI=1S/C13H10N6O/c1-18-12(7-19-8-15-11(6-14)17-19)16-10-5-3-2-4-9(10)13(18)20/h2-5,8H,7H2,1H3. The molecule has 0 aliphatic heterocycles. The number of para-hydroxylation sites is 1. The molecule has 7 nitrogen and oxygen atoms in total. The molecule has 0 fully saturated rings. The van der Waals surface area contributed by atoms with E-state index >= 15 is 0 Å². The SMILES string of the molecule is Cn1c(Cn2cnc(C#N)n2)nc2ccccc2c1=O. The molecule has 98 valence electrons. The molecule has 0 saturated heterocycles. The van der Waals surface area contributed by atoms with E-state index in [9.17, 15) is 4.79 Å². The number of aromatic nitrogens is 5. The molecule has 2 heterocycles. The third-order valence-electron chi connectivity index (χ3n) is 3.02. The molecule has 0 radical (unpaired) electrons. The van der Waals surface area contributed by atoms with Gasteiger partial charge in [-0.15, -0.1) is 5.10 Å². The Bertz CT molecular complexity index is 886. The van der Waals surface area contributed by atoms with Gasteiger partial charge in [0.25, 0.3) is 11.4 Å². The lowest BCUT2D eigenvalue weighted by molar-refractivity contribution is 0.613. The molecule has 0 spiro atoms. The Balaban J connectivity index is 2.10. The van der Waals surface area contributed by atoms with Crippen LogP contribution in [0.4, 0.5) is 0 Å². The van der Waals surface area contributed by atoms with Gasteiger partial charge in [-0.1, -0.05) is 12.1 Å². The van der Waals surface area contributed by atoms with Gasteiger partial charge in [0.1, 0.15) is 24.8 Å². The van der Waals surface area contributed by atoms with Crippen LogP contribution >= 0.6 is 0 Å². The largest absolute Gasteiger partial charge is 0.298 e. The fourth-order valence-electron chi connectivity index (χ4n) is 1.97. The molecule has 0 bridgehead atoms. The molecule has 0 N–H and O–H groups in total. The first-order valence-electron chi connectivity index (χ1n) is 5.93. The van der Waals surface area contributed by atoms with Crippen molar-refractivity contribution in [3.05, 3.63) is 52.6 Å². The monoisotopic (exact) mass is 266 g/mol. The van der Waals surface area contributed by atoms with Crippen LogP contribution in [0.5, 0.6) is 0 Å². The summed E-state index contributed by atoms with van der Waals surface area (Å²) in [5.41, 5.74) is 0.539. The Labute approximate surface area is 113 Å². The van der Waals surface area contributed by atoms with Crippen molar-refractivity contribution in [1.29, 1.82) is 5.26 Å². The summed E-state index contributed by atoms with van der Waals surface area (Å²) in [6.45, 7) is 0.283. The summed E-state index contributed by atoms with van der Waals surface area (Å²) in [6, 6.07) is 9.04. The average Bonchev–Trinajstić information content (AvgIpc) is 2.92. The van der Waals surface area contributed by atoms with E-state index in [4.69, 9.17) is 5.26 Å². The molecule has 0 aliphatic rings. The first-order chi connectivity index (χ1) is 9.69. The van der Waals surface area contributed by atoms with Gasteiger partial charge in [0.15, 0.2) is 0 Å². The Morgan fingerprint density at radius 2 is 2.15 bits per heavy atom. The minimum Gasteiger partial charge on any atom is -0.298 e. The topological polar surface area (TPSA) is 89.4 Å². The van der Waals surface area contributed by atoms with E-state index in [0.717, 1.165) is 0 Å². The number of nitriles is 1. The number of nitrogens with zero attached hydrogens (tertiary/aromatic N) is 6. The van der Waals surface area contributed by atoms with Crippen molar-refractivity contribution < 1.29 is 0 Å². The van der Waals surface area contributed by atoms with Crippen LogP contribution in [-0.2, 0) is 13.6 Å². The van der Waals surface area contributed by atoms with E-state index < -0.39 is 0 Å². The van der Waals surface area contributed by atoms with E-state index in [-0.39, 0.29) is 17.9 Å². The molecular weight excluding hydrogens is 256 g/mol. The minimum absolute atomic E-state index is 0.0933. The Morgan fingerprint density at radius 3 is 2.90 bits per heavy atom. The molecule has 0 amide bonds. The second-order valence-corrected chi connectivity index (χ2v) is 4.29. The maximum absolute atomic E-state index is 12.2. The third-order valence-corrected chi connectivity index (χ3v) is 3.02. The van der Waals surface area contributed by atoms with Gasteiger partial charge in [-0.2, -0.15) is 5.26 Å². The molecule has 2 aromatic heterocycles. The predicted octanol–water partition coefficient (Wildman–Crippen LogP) is 0.445. The highest BCUT2D eigenvalue weighted by Gasteiger charge is 2.09. The third kappa shape index (κ3) is 1.93. The fourth-order valence-corrected chi connectivity index (χ4v) is 1.97. The summed E-state index contributed by atoms with van der Waals surface area (Å²) in [5, 5.41) is 13.2. The van der Waals surface area contributed by atoms with E-state index in [1.807, 2.05) is 18.2 Å². The summed E-state index contributed by atoms with van der Waals surface area (Å²) in [5.74, 6) is 0.652. The van der Waals surface area contributed by atoms with Gasteiger partial charge >= 0.3 is 0 Å². The summed E-state index contributed by atoms with van der Waals surface area (Å²) >= 11 is 0. The summed E-state index contributed by atoms with van der Waals surface area (Å²) in [6.07, 6.45) is 1.44. The lowest BCUT2D eigenvalue weighted by atomic mass is 10.2. The average molecular weight is 266 g/mol. The zero-order valence-corrected chi connectivity index (χ0v) is 10.7. The molecule has 0 saturated carbocycles. The van der Waals surface area contributed by atoms with Crippen molar-refractivity contribution in [1.82, 2.24) is 24.3 Å². The molecule has 7 heteroatoms. The zero-order valence-electron chi connectivity index (χ0n) is 10.7. The van der Waals surface area contributed by atoms with Crippen LogP contribution in [0.2, 0.25) is 0 Å². The first kappa shape index (κ1) is 12.0. The van der Waals surface area contributed by atoms with Gasteiger partial charge in [-0.25, -0.2) is 14.6 Å². The second-order valence-electron chi connectivity index (χ2n) is 4.29. The van der Waals surface area contributed by atoms with Gasteiger partial charge in [0.2, 0.25) is 0 Å². The van der Waals surface area contributed by atoms with Gasteiger partial charge in [-0.05, 0) is 12.1 Å². The van der Waals surface area contributed by atoms with Crippen LogP contribution in [0.25, 0.3) is 10.9 Å². The van der Waals surface area contributed by atoms with Crippen molar-refractivity contribution in [3.8, 4) is 6.07 Å². The zero-order chi connectivity index (χ0) is 14.1. The Morgan fingerprint density at radius 1 is 1.35 bits per heavy atom. The number of benzene rings is 1. The van der Waals surface area contributed by atoms with Crippen molar-refractivity contribution >= 4 is 10.9 Å². The van der Waals surface area contributed by atoms with Crippen molar-refractivity contribution in [2.75, 3.05) is 0 Å². The predicted molar refractivity (Wildman–Crippen MR) is 70.8 cm³/mol. The maximum Gasteiger partial charge on any atom is 0.261 e. The van der Waals surface area contributed by atoms with Crippen molar-refractivity contribution in [3.63, 3.8) is 0 Å². The highest BCUT2D eigenvalue weighted by atomic mass is 16.1. The highest BCUT2D eigenvalue weighted by molar-refractivity contribution is 5.77. The molecule has 0 aliphatic carbocycles. The molecule has 3 rings (SSSR count). The summed E-state index contributed by atoms with van der Waals surface area (Å²) in [7, 11) is 1.67. The highest BCUT2D eigenvalue weighted by Crippen LogP contribution is 2.07. The van der Waals surface area contributed by atoms with E-state index in [0.29, 0.717) is 16.7 Å². The molecule has 0 unspecified atom stereocenters. The van der Waals surface area contributed by atoms with Crippen LogP contribution < -0.4 is 5.56 Å². The molecule has 20 heavy (non-hydrogen) atoms. The maximum atomic E-state index is 12.2. The smallest absolute Gasteiger partial charge is 0.261 e. The quantitative estimate of drug-likeness (QED) is 0.671. The summed E-state index contributed by atoms with van der Waals surface area (Å²) in [4.78, 5) is 20.5. The van der Waals surface area contributed by atoms with E-state index in [1.165, 1.54) is 15.6 Å². The van der Waals surface area contributed by atoms with E-state index in [1.54, 1.807) is 19.2 Å². The number of fused-ring (bicyclic) bond motifs is 1. The minimum atomic E-state index is -0.105. The van der Waals surface area contributed by atoms with Gasteiger partial charge < -0.3 is 0 Å². The van der Waals surface area contributed by atoms with E-state index in [2.05, 4.69) is 15.1 Å². The van der Waals surface area contributed by atoms with Gasteiger partial charge in [-0.3, -0.25) is 9.36 Å². The van der Waals surface area contributed by atoms with Crippen molar-refractivity contribution in [2.45, 2.75) is 6.54 Å². The van der Waals surface area contributed by atoms with Gasteiger partial charge in [0, 0.05) is 7.05 Å². The van der Waals surface area contributed by atoms with Gasteiger partial charge in [0.05, 0.1) is 10.9 Å². The summed E-state index contributed by atoms with van der Waals surface area (Å²) < 4.78 is 2.96. The van der Waals surface area contributed by atoms with Crippen LogP contribution in [0.1, 0.15) is 11.6 Å². The normalized spacial score (nSPS) is 10.6. The Hall–Kier alpha value is -3.01. The molecule has 3 aromatic rings. The van der Waals surface area contributed by atoms with Crippen LogP contribution in [0, 0.1) is 11.3 Å². The lowest BCUT2D eigenvalue weighted by Gasteiger charge is -2.08. The number of rotatable bonds is 2. The van der Waals surface area contributed by atoms with Crippen LogP contribution in [0.15, 0.2) is 35.4 Å². The molecule has 1 aromatic carbocycles. The van der Waals surface area contributed by atoms with Crippen molar-refractivity contribution in [2.24, 2.45) is 7.05 Å². The van der Waals surface area contributed by atoms with Crippen LogP contribution in [-0.4, -0.2) is 24.3 Å². The Kier molecular flexibility index (Phi) is 2.76. The fraction of sp³-hybridized carbons (Fsp3) is 0.154. The first-order valence-corrected chi connectivity index (χ1v) is 5.93. The molecule has 0 atom stereocenters. The molecular formula is C13H10N6O. The number of hydrogen-bond donors (Lipinski definition) is 0. The second kappa shape index (κ2) is 4.59. The lowest BCUT2D eigenvalue weighted by Crippen LogP contribution is -2.24. The number of hydrogen-bond acceptors (Lipinski definition) is 5.